The Morgan fingerprint density at radius 1 is 0.893 bits per heavy atom. The van der Waals surface area contributed by atoms with Gasteiger partial charge in [-0.05, 0) is 6.58 Å². The molecular weight excluding hydrogens is 477 g/mol. The lowest BCUT2D eigenvalue weighted by molar-refractivity contribution is -0.239. The fraction of sp³-hybridized carbons (Fsp3) is 0.556. The molecule has 0 fully saturated rings. The van der Waals surface area contributed by atoms with Crippen molar-refractivity contribution in [3.63, 3.8) is 0 Å². The van der Waals surface area contributed by atoms with E-state index in [1.165, 1.54) is 0 Å². The van der Waals surface area contributed by atoms with Crippen molar-refractivity contribution in [1.82, 2.24) is 0 Å². The van der Waals surface area contributed by atoms with Gasteiger partial charge in [-0.3, -0.25) is 4.74 Å². The Labute approximate surface area is 151 Å². The number of hydrogen-bond donors (Lipinski definition) is 0. The van der Waals surface area contributed by atoms with Gasteiger partial charge in [-0.1, -0.05) is 0 Å². The summed E-state index contributed by atoms with van der Waals surface area (Å²) in [5, 5.41) is 0. The number of hydrogen-bond acceptors (Lipinski definition) is 6. The normalized spacial score (nSPS) is 10.7. The predicted molar refractivity (Wildman–Crippen MR) is 71.6 cm³/mol. The van der Waals surface area contributed by atoms with E-state index < -0.39 is 64.2 Å². The van der Waals surface area contributed by atoms with Crippen LogP contribution >= 0.6 is 0 Å². The molecule has 0 aliphatic rings. The van der Waals surface area contributed by atoms with Crippen LogP contribution in [0.5, 0.6) is 0 Å². The van der Waals surface area contributed by atoms with Gasteiger partial charge in [0.15, 0.2) is 18.9 Å². The monoisotopic (exact) mass is 488 g/mol. The maximum atomic E-state index is 11.8. The first-order valence-corrected chi connectivity index (χ1v) is 8.61. The number of rotatable bonds is 7. The highest BCUT2D eigenvalue weighted by Crippen LogP contribution is 2.18. The topological polar surface area (TPSA) is 86.7 Å². The van der Waals surface area contributed by atoms with E-state index in [2.05, 4.69) is 16.1 Å². The van der Waals surface area contributed by atoms with Crippen LogP contribution in [0, 0.1) is 0 Å². The number of alkyl halides is 5. The molecule has 0 aromatic rings. The first-order chi connectivity index (χ1) is 12.3. The molecule has 0 saturated heterocycles. The van der Waals surface area contributed by atoms with Crippen LogP contribution < -0.4 is 0 Å². The van der Waals surface area contributed by atoms with Gasteiger partial charge in [0, 0.05) is 0 Å². The first kappa shape index (κ1) is 33.9. The lowest BCUT2D eigenvalue weighted by Gasteiger charge is -2.10. The summed E-state index contributed by atoms with van der Waals surface area (Å²) in [5.41, 5.74) is 0. The largest absolute Gasteiger partial charge is 0.465 e. The zero-order chi connectivity index (χ0) is 23.6. The molecule has 0 aliphatic heterocycles. The van der Waals surface area contributed by atoms with Crippen molar-refractivity contribution >= 4 is 20.4 Å². The summed E-state index contributed by atoms with van der Waals surface area (Å²) in [6, 6.07) is -1.92. The smallest absolute Gasteiger partial charge is 0.374 e. The van der Waals surface area contributed by atoms with Gasteiger partial charge in [0.05, 0.1) is 0 Å². The van der Waals surface area contributed by atoms with Gasteiger partial charge >= 0.3 is 32.6 Å². The van der Waals surface area contributed by atoms with Crippen LogP contribution in [-0.2, 0) is 29.9 Å². The summed E-state index contributed by atoms with van der Waals surface area (Å²) in [7, 11) is -10.2. The van der Waals surface area contributed by atoms with Crippen molar-refractivity contribution in [2.45, 2.75) is 6.11 Å². The van der Waals surface area contributed by atoms with Crippen molar-refractivity contribution in [3.05, 3.63) is 25.0 Å². The zero-order valence-electron chi connectivity index (χ0n) is 13.0. The van der Waals surface area contributed by atoms with Gasteiger partial charge in [-0.25, -0.2) is 13.2 Å². The molecule has 28 heavy (non-hydrogen) atoms. The Bertz CT molecular complexity index is 627. The third kappa shape index (κ3) is 56.3. The van der Waals surface area contributed by atoms with E-state index in [4.69, 9.17) is 8.42 Å². The van der Waals surface area contributed by atoms with Gasteiger partial charge in [0.1, 0.15) is 0 Å². The van der Waals surface area contributed by atoms with Gasteiger partial charge in [0.25, 0.3) is 6.08 Å². The van der Waals surface area contributed by atoms with Crippen molar-refractivity contribution in [3.8, 4) is 0 Å². The van der Waals surface area contributed by atoms with E-state index in [-0.39, 0.29) is 6.26 Å². The van der Waals surface area contributed by atoms with Crippen molar-refractivity contribution in [2.75, 3.05) is 25.5 Å². The second-order valence-electron chi connectivity index (χ2n) is 3.24. The Hall–Kier alpha value is -1.63. The van der Waals surface area contributed by atoms with E-state index in [1.807, 2.05) is 0 Å². The summed E-state index contributed by atoms with van der Waals surface area (Å²) < 4.78 is 164. The summed E-state index contributed by atoms with van der Waals surface area (Å²) in [5.74, 6) is -2.16. The third-order valence-electron chi connectivity index (χ3n) is 0.972. The Kier molecular flexibility index (Phi) is 21.2. The Morgan fingerprint density at radius 3 is 1.39 bits per heavy atom. The molecular formula is C9H11F11O6S2. The molecule has 0 aromatic heterocycles. The van der Waals surface area contributed by atoms with E-state index in [0.717, 1.165) is 0 Å². The first-order valence-electron chi connectivity index (χ1n) is 5.50. The number of ether oxygens (including phenoxy) is 2. The molecule has 0 aliphatic carbocycles. The highest BCUT2D eigenvalue weighted by molar-refractivity contribution is 7.86. The molecule has 0 atom stereocenters. The summed E-state index contributed by atoms with van der Waals surface area (Å²) >= 11 is 0. The Morgan fingerprint density at radius 2 is 1.25 bits per heavy atom. The second kappa shape index (κ2) is 17.5. The zero-order valence-corrected chi connectivity index (χ0v) is 14.7. The maximum absolute atomic E-state index is 11.8. The number of halogens is 11. The highest BCUT2D eigenvalue weighted by Gasteiger charge is 2.37. The van der Waals surface area contributed by atoms with Crippen molar-refractivity contribution < 1.29 is 73.6 Å². The van der Waals surface area contributed by atoms with Crippen LogP contribution in [0.25, 0.3) is 0 Å². The van der Waals surface area contributed by atoms with E-state index in [9.17, 15) is 55.7 Å². The average molecular weight is 488 g/mol. The molecule has 0 N–H and O–H groups in total. The standard InChI is InChI=1S/C3H4F4O3S.C3H3F3O.C2H2F2.CH2F2O2S/c4-2-10-3(5,6)1-11(7,8)9;4-2-7-1-3(5)6;1-2(3)4;2-1-6(3,4)5/h1-2H2;1H,2H2;1H2;1H2. The minimum Gasteiger partial charge on any atom is -0.465 e. The van der Waals surface area contributed by atoms with Crippen LogP contribution in [-0.4, -0.2) is 48.4 Å². The molecule has 0 spiro atoms. The van der Waals surface area contributed by atoms with Crippen LogP contribution in [0.3, 0.4) is 0 Å². The molecule has 6 nitrogen and oxygen atoms in total. The lowest BCUT2D eigenvalue weighted by atomic mass is 10.7. The second-order valence-corrected chi connectivity index (χ2v) is 5.91. The van der Waals surface area contributed by atoms with Gasteiger partial charge in [0.2, 0.25) is 12.9 Å². The van der Waals surface area contributed by atoms with E-state index in [1.54, 1.807) is 0 Å². The molecule has 0 bridgehead atoms. The molecule has 0 radical (unpaired) electrons. The van der Waals surface area contributed by atoms with Crippen molar-refractivity contribution in [1.29, 1.82) is 0 Å². The molecule has 0 aromatic carbocycles. The SMILES string of the molecule is C=C(F)F.FCOC=C(F)F.O=S(=O)(F)CC(F)(F)OCF.O=S(=O)(F)CF. The van der Waals surface area contributed by atoms with Crippen molar-refractivity contribution in [2.24, 2.45) is 0 Å². The van der Waals surface area contributed by atoms with Crippen LogP contribution in [0.2, 0.25) is 0 Å². The van der Waals surface area contributed by atoms with Gasteiger partial charge in [-0.2, -0.15) is 43.2 Å². The fourth-order valence-corrected chi connectivity index (χ4v) is 0.901. The van der Waals surface area contributed by atoms with Crippen LogP contribution in [0.15, 0.2) is 25.0 Å². The Balaban J connectivity index is -0.000000147. The minimum absolute atomic E-state index is 0.0556. The van der Waals surface area contributed by atoms with Gasteiger partial charge < -0.3 is 4.74 Å². The summed E-state index contributed by atoms with van der Waals surface area (Å²) in [6.07, 6.45) is -8.11. The molecule has 0 rings (SSSR count). The highest BCUT2D eigenvalue weighted by atomic mass is 32.3. The van der Waals surface area contributed by atoms with E-state index >= 15 is 0 Å². The molecule has 172 valence electrons. The predicted octanol–water partition coefficient (Wildman–Crippen LogP) is 4.10. The molecule has 0 amide bonds. The van der Waals surface area contributed by atoms with Gasteiger partial charge in [-0.15, -0.1) is 7.77 Å². The average Bonchev–Trinajstić information content (AvgIpc) is 2.42. The summed E-state index contributed by atoms with van der Waals surface area (Å²) in [4.78, 5) is 0. The molecule has 19 heteroatoms. The molecule has 0 saturated carbocycles. The maximum Gasteiger partial charge on any atom is 0.374 e. The van der Waals surface area contributed by atoms with E-state index in [0.29, 0.717) is 0 Å². The van der Waals surface area contributed by atoms with Crippen LogP contribution in [0.4, 0.5) is 47.3 Å². The third-order valence-corrected chi connectivity index (χ3v) is 1.91. The molecule has 0 heterocycles. The summed E-state index contributed by atoms with van der Waals surface area (Å²) in [6.45, 7) is -0.861. The fourth-order valence-electron chi connectivity index (χ4n) is 0.417. The minimum atomic E-state index is -5.35. The quantitative estimate of drug-likeness (QED) is 0.305. The van der Waals surface area contributed by atoms with Crippen LogP contribution in [0.1, 0.15) is 0 Å². The lowest BCUT2D eigenvalue weighted by Crippen LogP contribution is -2.28. The molecule has 0 unspecified atom stereocenters.